The summed E-state index contributed by atoms with van der Waals surface area (Å²) in [6.07, 6.45) is 26.2. The van der Waals surface area contributed by atoms with Crippen molar-refractivity contribution >= 4 is 7.82 Å². The molecule has 0 spiro atoms. The fraction of sp³-hybridized carbons (Fsp3) is 1.00. The normalized spacial score (nSPS) is 11.5. The molecular formula is C28H57K2O7P. The fourth-order valence-electron chi connectivity index (χ4n) is 4.22. The Bertz CT molecular complexity index is 466. The molecule has 0 aliphatic rings. The molecule has 0 radical (unpaired) electrons. The minimum Gasteiger partial charge on any atom is -0.788 e. The zero-order valence-corrected chi connectivity index (χ0v) is 32.7. The fourth-order valence-corrected chi connectivity index (χ4v) is 4.42. The zero-order chi connectivity index (χ0) is 26.6. The van der Waals surface area contributed by atoms with Crippen LogP contribution in [0.5, 0.6) is 0 Å². The van der Waals surface area contributed by atoms with Crippen molar-refractivity contribution in [2.45, 2.75) is 161 Å². The maximum atomic E-state index is 10.3. The van der Waals surface area contributed by atoms with Crippen LogP contribution < -0.4 is 113 Å². The van der Waals surface area contributed by atoms with Gasteiger partial charge in [0, 0.05) is 13.2 Å². The second-order valence-corrected chi connectivity index (χ2v) is 11.1. The van der Waals surface area contributed by atoms with E-state index in [1.54, 1.807) is 0 Å². The van der Waals surface area contributed by atoms with E-state index in [0.29, 0.717) is 6.42 Å². The van der Waals surface area contributed by atoms with Gasteiger partial charge in [-0.15, -0.1) is 0 Å². The van der Waals surface area contributed by atoms with Gasteiger partial charge >= 0.3 is 103 Å². The molecule has 10 heteroatoms. The van der Waals surface area contributed by atoms with Crippen LogP contribution in [0.3, 0.4) is 0 Å². The number of hydrogen-bond donors (Lipinski definition) is 0. The van der Waals surface area contributed by atoms with E-state index in [2.05, 4.69) is 23.4 Å². The Hall–Kier alpha value is 3.26. The number of unbranched alkanes of at least 4 members (excludes halogenated alkanes) is 18. The van der Waals surface area contributed by atoms with E-state index in [0.717, 1.165) is 58.2 Å². The standard InChI is InChI=1S/C28H59O7P.2K/c1-3-5-7-9-17-21-25-32-28(33-26-22-18-10-8-6-4-2)24-20-16-14-12-11-13-15-19-23-27-34-35-36(29,30)31;;/h28H,3-27H2,1-2H3,(H2,29,30,31);;/q;2*+1/p-2. The van der Waals surface area contributed by atoms with Crippen LogP contribution in [0.1, 0.15) is 155 Å². The summed E-state index contributed by atoms with van der Waals surface area (Å²) in [6, 6.07) is 0. The van der Waals surface area contributed by atoms with Crippen molar-refractivity contribution in [1.29, 1.82) is 0 Å². The minimum atomic E-state index is -5.02. The Morgan fingerprint density at radius 3 is 1.26 bits per heavy atom. The molecule has 0 amide bonds. The smallest absolute Gasteiger partial charge is 0.788 e. The van der Waals surface area contributed by atoms with Gasteiger partial charge in [-0.05, 0) is 32.1 Å². The van der Waals surface area contributed by atoms with E-state index in [9.17, 15) is 14.4 Å². The molecule has 0 aromatic heterocycles. The van der Waals surface area contributed by atoms with E-state index in [-0.39, 0.29) is 116 Å². The molecule has 0 bridgehead atoms. The van der Waals surface area contributed by atoms with Gasteiger partial charge < -0.3 is 23.8 Å². The third kappa shape index (κ3) is 39.3. The van der Waals surface area contributed by atoms with Gasteiger partial charge in [0.05, 0.1) is 6.61 Å². The Kier molecular flexibility index (Phi) is 43.8. The third-order valence-electron chi connectivity index (χ3n) is 6.41. The van der Waals surface area contributed by atoms with Crippen LogP contribution in [-0.4, -0.2) is 26.1 Å². The molecule has 0 saturated heterocycles. The molecule has 218 valence electrons. The summed E-state index contributed by atoms with van der Waals surface area (Å²) in [6.45, 7) is 6.28. The molecule has 0 heterocycles. The summed E-state index contributed by atoms with van der Waals surface area (Å²) >= 11 is 0. The maximum absolute atomic E-state index is 10.3. The van der Waals surface area contributed by atoms with Crippen LogP contribution >= 0.6 is 7.82 Å². The van der Waals surface area contributed by atoms with Gasteiger partial charge in [-0.2, -0.15) is 0 Å². The van der Waals surface area contributed by atoms with Crippen molar-refractivity contribution in [1.82, 2.24) is 0 Å². The van der Waals surface area contributed by atoms with Crippen LogP contribution in [0.2, 0.25) is 0 Å². The predicted octanol–water partition coefficient (Wildman–Crippen LogP) is 1.75. The molecule has 0 N–H and O–H groups in total. The average Bonchev–Trinajstić information content (AvgIpc) is 2.84. The molecule has 0 atom stereocenters. The van der Waals surface area contributed by atoms with Gasteiger partial charge in [0.25, 0.3) is 0 Å². The predicted molar refractivity (Wildman–Crippen MR) is 143 cm³/mol. The first-order valence-electron chi connectivity index (χ1n) is 15.1. The van der Waals surface area contributed by atoms with Crippen LogP contribution in [0.25, 0.3) is 0 Å². The summed E-state index contributed by atoms with van der Waals surface area (Å²) in [7, 11) is -5.02. The van der Waals surface area contributed by atoms with Crippen LogP contribution in [0.4, 0.5) is 0 Å². The number of rotatable bonds is 30. The Labute approximate surface area is 320 Å². The van der Waals surface area contributed by atoms with Crippen molar-refractivity contribution in [2.75, 3.05) is 19.8 Å². The first-order chi connectivity index (χ1) is 17.5. The number of hydrogen-bond acceptors (Lipinski definition) is 7. The summed E-state index contributed by atoms with van der Waals surface area (Å²) in [5.41, 5.74) is 0. The van der Waals surface area contributed by atoms with Gasteiger partial charge in [-0.1, -0.05) is 123 Å². The molecule has 0 aliphatic carbocycles. The molecule has 0 aromatic rings. The van der Waals surface area contributed by atoms with Crippen molar-refractivity contribution in [3.05, 3.63) is 0 Å². The topological polar surface area (TPSA) is 100 Å². The third-order valence-corrected chi connectivity index (χ3v) is 6.70. The van der Waals surface area contributed by atoms with Crippen molar-refractivity contribution in [2.24, 2.45) is 0 Å². The van der Waals surface area contributed by atoms with Gasteiger partial charge in [-0.3, -0.25) is 0 Å². The molecule has 0 aliphatic heterocycles. The molecule has 0 saturated carbocycles. The summed E-state index contributed by atoms with van der Waals surface area (Å²) in [4.78, 5) is 24.9. The van der Waals surface area contributed by atoms with Gasteiger partial charge in [0.15, 0.2) is 6.29 Å². The first kappa shape index (κ1) is 45.7. The van der Waals surface area contributed by atoms with Gasteiger partial charge in [0.2, 0.25) is 0 Å². The Balaban J connectivity index is -0.00000612. The van der Waals surface area contributed by atoms with E-state index < -0.39 is 7.82 Å². The van der Waals surface area contributed by atoms with Crippen molar-refractivity contribution < 1.29 is 136 Å². The summed E-state index contributed by atoms with van der Waals surface area (Å²) in [5.74, 6) is 0. The first-order valence-corrected chi connectivity index (χ1v) is 16.5. The Morgan fingerprint density at radius 2 is 0.868 bits per heavy atom. The molecule has 0 rings (SSSR count). The molecule has 0 fully saturated rings. The molecule has 0 unspecified atom stereocenters. The second-order valence-electron chi connectivity index (χ2n) is 10.0. The van der Waals surface area contributed by atoms with Crippen LogP contribution in [0.15, 0.2) is 0 Å². The second kappa shape index (κ2) is 36.5. The van der Waals surface area contributed by atoms with E-state index in [1.165, 1.54) is 89.9 Å². The van der Waals surface area contributed by atoms with Crippen molar-refractivity contribution in [3.63, 3.8) is 0 Å². The van der Waals surface area contributed by atoms with E-state index >= 15 is 0 Å². The summed E-state index contributed by atoms with van der Waals surface area (Å²) < 4.78 is 26.2. The van der Waals surface area contributed by atoms with E-state index in [4.69, 9.17) is 9.47 Å². The molecule has 7 nitrogen and oxygen atoms in total. The maximum Gasteiger partial charge on any atom is 1.00 e. The molecular weight excluding hydrogens is 557 g/mol. The number of phosphoric acid groups is 1. The molecule has 38 heavy (non-hydrogen) atoms. The average molecular weight is 615 g/mol. The van der Waals surface area contributed by atoms with Gasteiger partial charge in [-0.25, -0.2) is 9.56 Å². The molecule has 0 aromatic carbocycles. The zero-order valence-electron chi connectivity index (χ0n) is 25.6. The monoisotopic (exact) mass is 614 g/mol. The van der Waals surface area contributed by atoms with Crippen LogP contribution in [-0.2, 0) is 23.6 Å². The van der Waals surface area contributed by atoms with Crippen LogP contribution in [0, 0.1) is 0 Å². The Morgan fingerprint density at radius 1 is 0.526 bits per heavy atom. The quantitative estimate of drug-likeness (QED) is 0.0304. The number of ether oxygens (including phenoxy) is 2. The SMILES string of the molecule is CCCCCCCCOC(CCCCCCCCCCCOOP(=O)([O-])[O-])OCCCCCCCC.[K+].[K+]. The van der Waals surface area contributed by atoms with Gasteiger partial charge in [0.1, 0.15) is 7.82 Å². The summed E-state index contributed by atoms with van der Waals surface area (Å²) in [5, 5.41) is 0. The largest absolute Gasteiger partial charge is 1.00 e. The minimum absolute atomic E-state index is 0. The van der Waals surface area contributed by atoms with Crippen molar-refractivity contribution in [3.8, 4) is 0 Å². The van der Waals surface area contributed by atoms with E-state index in [1.807, 2.05) is 0 Å².